The van der Waals surface area contributed by atoms with Gasteiger partial charge in [0.2, 0.25) is 5.92 Å². The van der Waals surface area contributed by atoms with Crippen LogP contribution in [0.1, 0.15) is 24.8 Å². The van der Waals surface area contributed by atoms with Gasteiger partial charge in [0.15, 0.2) is 0 Å². The topological polar surface area (TPSA) is 83.3 Å². The Morgan fingerprint density at radius 3 is 2.64 bits per heavy atom. The van der Waals surface area contributed by atoms with Gasteiger partial charge in [-0.2, -0.15) is 13.2 Å². The predicted octanol–water partition coefficient (Wildman–Crippen LogP) is 3.80. The summed E-state index contributed by atoms with van der Waals surface area (Å²) in [5.41, 5.74) is 7.79. The SMILES string of the molecule is NCc1ccc(N2CC(C(F)(F)F)C[C@@H](NC(=O)NCC3CC(F)(F)C3)C2)c2cccnc12. The van der Waals surface area contributed by atoms with Crippen LogP contribution < -0.4 is 21.3 Å². The number of aromatic nitrogens is 1. The number of nitrogens with one attached hydrogen (secondary N) is 2. The molecule has 4 rings (SSSR count). The molecule has 1 saturated carbocycles. The summed E-state index contributed by atoms with van der Waals surface area (Å²) in [6, 6.07) is 5.57. The number of fused-ring (bicyclic) bond motifs is 1. The number of rotatable bonds is 5. The lowest BCUT2D eigenvalue weighted by Crippen LogP contribution is -2.56. The molecule has 1 saturated heterocycles. The zero-order valence-corrected chi connectivity index (χ0v) is 17.8. The number of hydrogen-bond acceptors (Lipinski definition) is 4. The Bertz CT molecular complexity index is 1010. The maximum atomic E-state index is 13.7. The summed E-state index contributed by atoms with van der Waals surface area (Å²) in [7, 11) is 0. The molecule has 1 aromatic carbocycles. The summed E-state index contributed by atoms with van der Waals surface area (Å²) in [5, 5.41) is 5.81. The van der Waals surface area contributed by atoms with Crippen LogP contribution in [0.25, 0.3) is 10.9 Å². The average molecular weight is 471 g/mol. The molecule has 11 heteroatoms. The zero-order valence-electron chi connectivity index (χ0n) is 17.8. The molecule has 2 atom stereocenters. The first kappa shape index (κ1) is 23.5. The summed E-state index contributed by atoms with van der Waals surface area (Å²) < 4.78 is 67.0. The number of nitrogens with zero attached hydrogens (tertiary/aromatic N) is 2. The van der Waals surface area contributed by atoms with Crippen LogP contribution in [0.2, 0.25) is 0 Å². The fraction of sp³-hybridized carbons (Fsp3) is 0.545. The summed E-state index contributed by atoms with van der Waals surface area (Å²) in [5.74, 6) is -4.65. The summed E-state index contributed by atoms with van der Waals surface area (Å²) in [6.45, 7) is 0.244. The fourth-order valence-corrected chi connectivity index (χ4v) is 4.70. The maximum Gasteiger partial charge on any atom is 0.393 e. The van der Waals surface area contributed by atoms with E-state index in [1.807, 2.05) is 0 Å². The Morgan fingerprint density at radius 2 is 1.97 bits per heavy atom. The lowest BCUT2D eigenvalue weighted by molar-refractivity contribution is -0.177. The zero-order chi connectivity index (χ0) is 23.8. The monoisotopic (exact) mass is 471 g/mol. The highest BCUT2D eigenvalue weighted by molar-refractivity contribution is 5.94. The van der Waals surface area contributed by atoms with E-state index < -0.39 is 30.1 Å². The van der Waals surface area contributed by atoms with Crippen molar-refractivity contribution in [1.29, 1.82) is 0 Å². The molecule has 0 radical (unpaired) electrons. The van der Waals surface area contributed by atoms with Crippen molar-refractivity contribution >= 4 is 22.6 Å². The van der Waals surface area contributed by atoms with Gasteiger partial charge in [0.05, 0.1) is 11.4 Å². The van der Waals surface area contributed by atoms with Crippen molar-refractivity contribution in [2.75, 3.05) is 24.5 Å². The Kier molecular flexibility index (Phi) is 6.35. The van der Waals surface area contributed by atoms with Gasteiger partial charge in [0, 0.05) is 62.3 Å². The number of pyridine rings is 1. The minimum Gasteiger partial charge on any atom is -0.368 e. The van der Waals surface area contributed by atoms with E-state index in [4.69, 9.17) is 5.73 Å². The first-order chi connectivity index (χ1) is 15.6. The van der Waals surface area contributed by atoms with Crippen molar-refractivity contribution in [2.24, 2.45) is 17.6 Å². The minimum atomic E-state index is -4.43. The third-order valence-corrected chi connectivity index (χ3v) is 6.37. The second kappa shape index (κ2) is 8.92. The smallest absolute Gasteiger partial charge is 0.368 e. The number of alkyl halides is 5. The summed E-state index contributed by atoms with van der Waals surface area (Å²) >= 11 is 0. The van der Waals surface area contributed by atoms with E-state index in [1.54, 1.807) is 35.4 Å². The van der Waals surface area contributed by atoms with Crippen LogP contribution in [0.4, 0.5) is 32.4 Å². The molecule has 0 bridgehead atoms. The van der Waals surface area contributed by atoms with Crippen molar-refractivity contribution in [3.8, 4) is 0 Å². The number of hydrogen-bond donors (Lipinski definition) is 3. The van der Waals surface area contributed by atoms with E-state index in [-0.39, 0.29) is 51.4 Å². The molecule has 33 heavy (non-hydrogen) atoms. The Hall–Kier alpha value is -2.69. The van der Waals surface area contributed by atoms with Gasteiger partial charge < -0.3 is 21.3 Å². The summed E-state index contributed by atoms with van der Waals surface area (Å²) in [6.07, 6.45) is -3.67. The van der Waals surface area contributed by atoms with Crippen molar-refractivity contribution in [3.63, 3.8) is 0 Å². The standard InChI is InChI=1S/C22H26F5N5O/c23-21(24)7-13(8-21)10-30-20(33)31-16-6-15(22(25,26)27)11-32(12-16)18-4-3-14(9-28)19-17(18)2-1-5-29-19/h1-5,13,15-16H,6-12,28H2,(H2,30,31,33)/t15?,16-/m1/s1. The van der Waals surface area contributed by atoms with Crippen LogP contribution in [0.5, 0.6) is 0 Å². The molecule has 1 aliphatic heterocycles. The van der Waals surface area contributed by atoms with Crippen molar-refractivity contribution in [1.82, 2.24) is 15.6 Å². The van der Waals surface area contributed by atoms with Gasteiger partial charge in [0.1, 0.15) is 0 Å². The van der Waals surface area contributed by atoms with Gasteiger partial charge in [-0.25, -0.2) is 13.6 Å². The highest BCUT2D eigenvalue weighted by Gasteiger charge is 2.46. The first-order valence-corrected chi connectivity index (χ1v) is 10.9. The third-order valence-electron chi connectivity index (χ3n) is 6.37. The fourth-order valence-electron chi connectivity index (χ4n) is 4.70. The van der Waals surface area contributed by atoms with Gasteiger partial charge in [-0.05, 0) is 36.1 Å². The van der Waals surface area contributed by atoms with Gasteiger partial charge in [0.25, 0.3) is 0 Å². The van der Waals surface area contributed by atoms with Crippen LogP contribution in [0.3, 0.4) is 0 Å². The van der Waals surface area contributed by atoms with Gasteiger partial charge in [-0.1, -0.05) is 6.07 Å². The number of nitrogens with two attached hydrogens (primary N) is 1. The van der Waals surface area contributed by atoms with Crippen LogP contribution in [-0.4, -0.2) is 48.8 Å². The molecule has 1 aliphatic carbocycles. The number of halogens is 5. The van der Waals surface area contributed by atoms with E-state index >= 15 is 0 Å². The van der Waals surface area contributed by atoms with Gasteiger partial charge in [-0.15, -0.1) is 0 Å². The lowest BCUT2D eigenvalue weighted by atomic mass is 9.81. The van der Waals surface area contributed by atoms with Crippen molar-refractivity contribution < 1.29 is 26.7 Å². The van der Waals surface area contributed by atoms with E-state index in [0.717, 1.165) is 5.56 Å². The number of carbonyl (C=O) groups excluding carboxylic acids is 1. The Balaban J connectivity index is 1.50. The third kappa shape index (κ3) is 5.29. The molecule has 1 unspecified atom stereocenters. The highest BCUT2D eigenvalue weighted by Crippen LogP contribution is 2.42. The molecule has 4 N–H and O–H groups in total. The number of piperidine rings is 1. The molecular weight excluding hydrogens is 445 g/mol. The van der Waals surface area contributed by atoms with Crippen molar-refractivity contribution in [2.45, 2.75) is 43.9 Å². The molecule has 0 spiro atoms. The molecule has 2 amide bonds. The predicted molar refractivity (Wildman–Crippen MR) is 114 cm³/mol. The first-order valence-electron chi connectivity index (χ1n) is 10.9. The second-order valence-electron chi connectivity index (χ2n) is 8.91. The Labute approximate surface area is 187 Å². The number of amides is 2. The second-order valence-corrected chi connectivity index (χ2v) is 8.91. The molecule has 2 fully saturated rings. The molecular formula is C22H26F5N5O. The number of anilines is 1. The molecule has 2 heterocycles. The van der Waals surface area contributed by atoms with Gasteiger partial charge >= 0.3 is 12.2 Å². The molecule has 2 aliphatic rings. The Morgan fingerprint density at radius 1 is 1.21 bits per heavy atom. The van der Waals surface area contributed by atoms with E-state index in [0.29, 0.717) is 16.6 Å². The minimum absolute atomic E-state index is 0.0669. The quantitative estimate of drug-likeness (QED) is 0.580. The molecule has 1 aromatic heterocycles. The lowest BCUT2D eigenvalue weighted by Gasteiger charge is -2.40. The largest absolute Gasteiger partial charge is 0.393 e. The van der Waals surface area contributed by atoms with Crippen LogP contribution >= 0.6 is 0 Å². The van der Waals surface area contributed by atoms with Crippen molar-refractivity contribution in [3.05, 3.63) is 36.0 Å². The van der Waals surface area contributed by atoms with Crippen LogP contribution in [0, 0.1) is 11.8 Å². The molecule has 2 aromatic rings. The highest BCUT2D eigenvalue weighted by atomic mass is 19.4. The van der Waals surface area contributed by atoms with Crippen LogP contribution in [0.15, 0.2) is 30.5 Å². The number of carbonyl (C=O) groups is 1. The van der Waals surface area contributed by atoms with E-state index in [1.165, 1.54) is 0 Å². The summed E-state index contributed by atoms with van der Waals surface area (Å²) in [4.78, 5) is 18.2. The number of urea groups is 1. The molecule has 6 nitrogen and oxygen atoms in total. The molecule has 180 valence electrons. The van der Waals surface area contributed by atoms with Crippen LogP contribution in [-0.2, 0) is 6.54 Å². The normalized spacial score (nSPS) is 23.3. The number of benzene rings is 1. The van der Waals surface area contributed by atoms with E-state index in [2.05, 4.69) is 15.6 Å². The average Bonchev–Trinajstić information content (AvgIpc) is 2.74. The maximum absolute atomic E-state index is 13.7. The van der Waals surface area contributed by atoms with Gasteiger partial charge in [-0.3, -0.25) is 4.98 Å². The van der Waals surface area contributed by atoms with E-state index in [9.17, 15) is 26.7 Å².